The van der Waals surface area contributed by atoms with Crippen LogP contribution in [-0.2, 0) is 42.6 Å². The van der Waals surface area contributed by atoms with Crippen molar-refractivity contribution in [1.82, 2.24) is 0 Å². The molecule has 0 amide bonds. The van der Waals surface area contributed by atoms with E-state index in [0.717, 1.165) is 5.02 Å². The van der Waals surface area contributed by atoms with Crippen LogP contribution in [0, 0.1) is 40.2 Å². The van der Waals surface area contributed by atoms with Gasteiger partial charge in [0.2, 0.25) is 0 Å². The number of rotatable bonds is 3. The Balaban J connectivity index is 0. The van der Waals surface area contributed by atoms with Gasteiger partial charge in [-0.15, -0.1) is 0 Å². The van der Waals surface area contributed by atoms with E-state index in [1.54, 1.807) is 0 Å². The van der Waals surface area contributed by atoms with Crippen LogP contribution >= 0.6 is 11.6 Å². The quantitative estimate of drug-likeness (QED) is 0.270. The fourth-order valence-electron chi connectivity index (χ4n) is 3.06. The van der Waals surface area contributed by atoms with Gasteiger partial charge in [-0.1, -0.05) is 0 Å². The molecule has 8 heteroatoms. The number of para-hydroxylation sites is 1. The van der Waals surface area contributed by atoms with Crippen LogP contribution in [0.1, 0.15) is 16.7 Å². The molecule has 0 fully saturated rings. The molecule has 3 aromatic rings. The van der Waals surface area contributed by atoms with Gasteiger partial charge < -0.3 is 0 Å². The first-order valence-corrected chi connectivity index (χ1v) is 11.0. The van der Waals surface area contributed by atoms with E-state index in [4.69, 9.17) is 34.9 Å². The first-order valence-electron chi connectivity index (χ1n) is 9.14. The normalized spacial score (nSPS) is 10.2. The first-order chi connectivity index (χ1) is 17.1. The number of benzene rings is 3. The zero-order chi connectivity index (χ0) is 27.4. The molecular formula is C27H16ClNO5W. The Hall–Kier alpha value is -3.25. The van der Waals surface area contributed by atoms with Gasteiger partial charge in [0.1, 0.15) is 0 Å². The summed E-state index contributed by atoms with van der Waals surface area (Å²) in [7, 11) is 0. The number of hydrogen-bond donors (Lipinski definition) is 0. The van der Waals surface area contributed by atoms with E-state index in [0.29, 0.717) is 0 Å². The van der Waals surface area contributed by atoms with E-state index in [2.05, 4.69) is 112 Å². The second-order valence-corrected chi connectivity index (χ2v) is 7.90. The van der Waals surface area contributed by atoms with Gasteiger partial charge in [0.05, 0.1) is 0 Å². The number of halogens is 1. The Kier molecular flexibility index (Phi) is 19.5. The fraction of sp³-hybridized carbons (Fsp3) is 0.0370. The van der Waals surface area contributed by atoms with Crippen LogP contribution in [0.3, 0.4) is 0 Å². The topological polar surface area (TPSA) is 103 Å². The molecule has 0 aliphatic carbocycles. The van der Waals surface area contributed by atoms with Crippen molar-refractivity contribution in [3.63, 3.8) is 0 Å². The van der Waals surface area contributed by atoms with Crippen LogP contribution in [0.25, 0.3) is 11.3 Å². The van der Waals surface area contributed by atoms with Crippen LogP contribution in [0.4, 0.5) is 5.69 Å². The van der Waals surface area contributed by atoms with Crippen molar-refractivity contribution >= 4 is 32.6 Å². The molecule has 0 saturated carbocycles. The summed E-state index contributed by atoms with van der Waals surface area (Å²) in [6.07, 6.45) is 0. The van der Waals surface area contributed by atoms with Crippen LogP contribution in [0.5, 0.6) is 0 Å². The Morgan fingerprint density at radius 1 is 0.629 bits per heavy atom. The van der Waals surface area contributed by atoms with E-state index < -0.39 is 0 Å². The molecule has 35 heavy (non-hydrogen) atoms. The maximum absolute atomic E-state index is 7.50. The molecule has 1 heterocycles. The summed E-state index contributed by atoms with van der Waals surface area (Å²) in [6.45, 7) is 24.6. The summed E-state index contributed by atoms with van der Waals surface area (Å²) in [5, 5.41) is 0.762. The number of nitrogens with zero attached hydrogens (tertiary/aromatic N) is 1. The standard InChI is InChI=1S/C22H16ClN.5CO.W/c1-16-7-9-17(10-8-16)21-15-24(20-5-3-2-4-6-20)22(21)18-11-13-19(23)14-12-18;5*1-2;/h2-14H,1H3;;;;;;. The SMILES string of the molecule is Cc1ccc(C2=C(c3ccc(Cl)cc3)N(c3ccccc3)[C]2=[W])cc1.[C-]#[O+].[C-]#[O+].[C-]#[O+].[C-]#[O+].[C-]#[O+]. The molecule has 1 aliphatic heterocycles. The van der Waals surface area contributed by atoms with Gasteiger partial charge in [0, 0.05) is 0 Å². The zero-order valence-electron chi connectivity index (χ0n) is 18.3. The van der Waals surface area contributed by atoms with Crippen LogP contribution in [0.2, 0.25) is 5.02 Å². The summed E-state index contributed by atoms with van der Waals surface area (Å²) in [5.74, 6) is 0. The first kappa shape index (κ1) is 33.9. The second-order valence-electron chi connectivity index (χ2n) is 6.07. The molecule has 0 bridgehead atoms. The van der Waals surface area contributed by atoms with Crippen molar-refractivity contribution in [3.05, 3.63) is 134 Å². The molecule has 6 nitrogen and oxygen atoms in total. The Morgan fingerprint density at radius 2 is 1.06 bits per heavy atom. The number of anilines is 1. The molecule has 3 aromatic carbocycles. The van der Waals surface area contributed by atoms with Gasteiger partial charge in [-0.05, 0) is 0 Å². The van der Waals surface area contributed by atoms with Crippen LogP contribution in [-0.4, -0.2) is 4.02 Å². The summed E-state index contributed by atoms with van der Waals surface area (Å²) < 4.78 is 38.8. The van der Waals surface area contributed by atoms with E-state index in [9.17, 15) is 0 Å². The third kappa shape index (κ3) is 9.13. The Labute approximate surface area is 220 Å². The van der Waals surface area contributed by atoms with Gasteiger partial charge in [0.25, 0.3) is 0 Å². The van der Waals surface area contributed by atoms with Crippen molar-refractivity contribution in [3.8, 4) is 0 Å². The van der Waals surface area contributed by atoms with Gasteiger partial charge in [-0.25, -0.2) is 0 Å². The fourth-order valence-corrected chi connectivity index (χ4v) is 4.66. The maximum atomic E-state index is 7.50. The van der Waals surface area contributed by atoms with Gasteiger partial charge in [0.15, 0.2) is 0 Å². The molecule has 0 unspecified atom stereocenters. The van der Waals surface area contributed by atoms with Crippen LogP contribution < -0.4 is 4.90 Å². The predicted octanol–water partition coefficient (Wildman–Crippen LogP) is 5.53. The number of hydrogen-bond acceptors (Lipinski definition) is 1. The zero-order valence-corrected chi connectivity index (χ0v) is 22.0. The third-order valence-electron chi connectivity index (χ3n) is 4.35. The van der Waals surface area contributed by atoms with Crippen molar-refractivity contribution in [2.45, 2.75) is 6.92 Å². The summed E-state index contributed by atoms with van der Waals surface area (Å²) in [6, 6.07) is 27.4. The molecule has 0 radical (unpaired) electrons. The average molecular weight is 654 g/mol. The summed E-state index contributed by atoms with van der Waals surface area (Å²) in [5.41, 5.74) is 7.52. The predicted molar refractivity (Wildman–Crippen MR) is 123 cm³/mol. The molecule has 0 saturated heterocycles. The molecular weight excluding hydrogens is 638 g/mol. The second kappa shape index (κ2) is 20.1. The molecule has 4 rings (SSSR count). The van der Waals surface area contributed by atoms with Gasteiger partial charge in [-0.3, -0.25) is 0 Å². The Morgan fingerprint density at radius 3 is 1.51 bits per heavy atom. The van der Waals surface area contributed by atoms with Crippen molar-refractivity contribution in [2.75, 3.05) is 4.90 Å². The minimum atomic E-state index is 0.762. The molecule has 0 aromatic heterocycles. The van der Waals surface area contributed by atoms with Crippen molar-refractivity contribution in [2.24, 2.45) is 0 Å². The van der Waals surface area contributed by atoms with E-state index >= 15 is 0 Å². The summed E-state index contributed by atoms with van der Waals surface area (Å²) >= 11 is 7.56. The molecule has 0 N–H and O–H groups in total. The molecule has 0 spiro atoms. The van der Waals surface area contributed by atoms with Crippen LogP contribution in [0.15, 0.2) is 78.9 Å². The van der Waals surface area contributed by atoms with E-state index in [-0.39, 0.29) is 0 Å². The van der Waals surface area contributed by atoms with E-state index in [1.165, 1.54) is 57.0 Å². The molecule has 172 valence electrons. The van der Waals surface area contributed by atoms with Crippen molar-refractivity contribution < 1.29 is 42.6 Å². The van der Waals surface area contributed by atoms with Crippen molar-refractivity contribution in [1.29, 1.82) is 0 Å². The van der Waals surface area contributed by atoms with Gasteiger partial charge >= 0.3 is 221 Å². The minimum absolute atomic E-state index is 0.762. The molecule has 0 atom stereocenters. The number of aryl methyl sites for hydroxylation is 1. The third-order valence-corrected chi connectivity index (χ3v) is 5.99. The van der Waals surface area contributed by atoms with E-state index in [1.807, 2.05) is 12.1 Å². The van der Waals surface area contributed by atoms with Gasteiger partial charge in [-0.2, -0.15) is 0 Å². The Bertz CT molecular complexity index is 1160. The monoisotopic (exact) mass is 653 g/mol. The molecule has 1 aliphatic rings. The summed E-state index contributed by atoms with van der Waals surface area (Å²) in [4.78, 5) is 2.35. The average Bonchev–Trinajstić information content (AvgIpc) is 2.95.